The van der Waals surface area contributed by atoms with Gasteiger partial charge in [-0.3, -0.25) is 4.31 Å². The van der Waals surface area contributed by atoms with Gasteiger partial charge in [-0.25, -0.2) is 18.0 Å². The molecular formula is C19H19NO6S. The number of fused-ring (bicyclic) bond motifs is 1. The molecule has 0 radical (unpaired) electrons. The van der Waals surface area contributed by atoms with Crippen LogP contribution in [0.15, 0.2) is 47.4 Å². The second kappa shape index (κ2) is 7.40. The summed E-state index contributed by atoms with van der Waals surface area (Å²) in [5, 5.41) is 9.12. The first-order valence-corrected chi connectivity index (χ1v) is 9.94. The number of anilines is 1. The molecule has 0 unspecified atom stereocenters. The maximum Gasteiger partial charge on any atom is 0.338 e. The van der Waals surface area contributed by atoms with Crippen LogP contribution in [0.3, 0.4) is 0 Å². The lowest BCUT2D eigenvalue weighted by Gasteiger charge is -2.30. The van der Waals surface area contributed by atoms with E-state index in [4.69, 9.17) is 9.84 Å². The van der Waals surface area contributed by atoms with Gasteiger partial charge in [0.1, 0.15) is 0 Å². The normalized spacial score (nSPS) is 13.7. The van der Waals surface area contributed by atoms with Crippen molar-refractivity contribution in [2.75, 3.05) is 17.5 Å². The lowest BCUT2D eigenvalue weighted by atomic mass is 10.0. The number of esters is 1. The summed E-state index contributed by atoms with van der Waals surface area (Å²) in [7, 11) is -3.92. The predicted octanol–water partition coefficient (Wildman–Crippen LogP) is 2.70. The summed E-state index contributed by atoms with van der Waals surface area (Å²) in [5.74, 6) is -1.64. The van der Waals surface area contributed by atoms with E-state index in [1.54, 1.807) is 25.1 Å². The highest BCUT2D eigenvalue weighted by Gasteiger charge is 2.30. The monoisotopic (exact) mass is 389 g/mol. The molecule has 2 aromatic carbocycles. The summed E-state index contributed by atoms with van der Waals surface area (Å²) in [5.41, 5.74) is 1.52. The van der Waals surface area contributed by atoms with Gasteiger partial charge < -0.3 is 9.84 Å². The fourth-order valence-electron chi connectivity index (χ4n) is 3.07. The molecule has 1 heterocycles. The number of rotatable bonds is 5. The first kappa shape index (κ1) is 18.9. The third-order valence-corrected chi connectivity index (χ3v) is 6.14. The van der Waals surface area contributed by atoms with Crippen LogP contribution in [0.4, 0.5) is 5.69 Å². The molecule has 2 aromatic rings. The molecule has 1 aliphatic heterocycles. The molecule has 0 fully saturated rings. The molecule has 1 aliphatic rings. The number of sulfonamides is 1. The van der Waals surface area contributed by atoms with Crippen molar-refractivity contribution in [1.29, 1.82) is 0 Å². The quantitative estimate of drug-likeness (QED) is 0.789. The van der Waals surface area contributed by atoms with Gasteiger partial charge in [0.05, 0.1) is 28.3 Å². The third kappa shape index (κ3) is 3.66. The van der Waals surface area contributed by atoms with E-state index in [1.807, 2.05) is 0 Å². The minimum atomic E-state index is -3.92. The summed E-state index contributed by atoms with van der Waals surface area (Å²) < 4.78 is 32.4. The van der Waals surface area contributed by atoms with Crippen LogP contribution in [0.2, 0.25) is 0 Å². The van der Waals surface area contributed by atoms with Gasteiger partial charge in [-0.15, -0.1) is 0 Å². The summed E-state index contributed by atoms with van der Waals surface area (Å²) >= 11 is 0. The minimum Gasteiger partial charge on any atom is -0.478 e. The van der Waals surface area contributed by atoms with Crippen LogP contribution in [-0.4, -0.2) is 38.6 Å². The highest BCUT2D eigenvalue weighted by atomic mass is 32.2. The van der Waals surface area contributed by atoms with Crippen molar-refractivity contribution in [2.24, 2.45) is 0 Å². The number of hydrogen-bond acceptors (Lipinski definition) is 5. The number of carboxylic acid groups (broad SMARTS) is 1. The van der Waals surface area contributed by atoms with E-state index < -0.39 is 22.0 Å². The zero-order valence-electron chi connectivity index (χ0n) is 14.7. The van der Waals surface area contributed by atoms with Gasteiger partial charge in [-0.05, 0) is 61.7 Å². The van der Waals surface area contributed by atoms with E-state index in [0.717, 1.165) is 11.6 Å². The average Bonchev–Trinajstić information content (AvgIpc) is 2.67. The molecule has 0 atom stereocenters. The smallest absolute Gasteiger partial charge is 0.338 e. The van der Waals surface area contributed by atoms with Gasteiger partial charge in [-0.1, -0.05) is 6.07 Å². The molecule has 0 aromatic heterocycles. The van der Waals surface area contributed by atoms with Gasteiger partial charge in [-0.2, -0.15) is 0 Å². The molecule has 27 heavy (non-hydrogen) atoms. The fraction of sp³-hybridized carbons (Fsp3) is 0.263. The molecule has 0 saturated heterocycles. The van der Waals surface area contributed by atoms with Crippen LogP contribution >= 0.6 is 0 Å². The molecule has 0 bridgehead atoms. The van der Waals surface area contributed by atoms with Crippen molar-refractivity contribution < 1.29 is 27.9 Å². The molecule has 3 rings (SSSR count). The van der Waals surface area contributed by atoms with E-state index in [9.17, 15) is 18.0 Å². The van der Waals surface area contributed by atoms with E-state index in [1.165, 1.54) is 22.5 Å². The van der Waals surface area contributed by atoms with E-state index in [0.29, 0.717) is 24.1 Å². The number of hydrogen-bond donors (Lipinski definition) is 1. The summed E-state index contributed by atoms with van der Waals surface area (Å²) in [6, 6.07) is 10.1. The van der Waals surface area contributed by atoms with Crippen molar-refractivity contribution in [3.8, 4) is 0 Å². The summed E-state index contributed by atoms with van der Waals surface area (Å²) in [4.78, 5) is 23.0. The van der Waals surface area contributed by atoms with Crippen LogP contribution in [0.1, 0.15) is 39.6 Å². The van der Waals surface area contributed by atoms with Crippen molar-refractivity contribution in [3.63, 3.8) is 0 Å². The van der Waals surface area contributed by atoms with Crippen LogP contribution in [-0.2, 0) is 21.2 Å². The number of nitrogens with zero attached hydrogens (tertiary/aromatic N) is 1. The number of benzene rings is 2. The second-order valence-corrected chi connectivity index (χ2v) is 7.94. The molecule has 0 aliphatic carbocycles. The van der Waals surface area contributed by atoms with Crippen LogP contribution < -0.4 is 4.31 Å². The lowest BCUT2D eigenvalue weighted by Crippen LogP contribution is -2.35. The molecule has 1 N–H and O–H groups in total. The van der Waals surface area contributed by atoms with Crippen molar-refractivity contribution >= 4 is 27.6 Å². The summed E-state index contributed by atoms with van der Waals surface area (Å²) in [6.07, 6.45) is 1.24. The molecule has 142 valence electrons. The van der Waals surface area contributed by atoms with Crippen molar-refractivity contribution in [1.82, 2.24) is 0 Å². The molecule has 7 nitrogen and oxygen atoms in total. The Labute approximate surface area is 157 Å². The number of carbonyl (C=O) groups is 2. The van der Waals surface area contributed by atoms with Gasteiger partial charge >= 0.3 is 11.9 Å². The molecular weight excluding hydrogens is 370 g/mol. The SMILES string of the molecule is CCOC(=O)c1ccc2c(c1)CCCN2S(=O)(=O)c1cccc(C(=O)O)c1. The number of carbonyl (C=O) groups excluding carboxylic acids is 1. The van der Waals surface area contributed by atoms with Crippen LogP contribution in [0.25, 0.3) is 0 Å². The van der Waals surface area contributed by atoms with Crippen LogP contribution in [0, 0.1) is 0 Å². The number of carboxylic acids is 1. The Morgan fingerprint density at radius 3 is 2.63 bits per heavy atom. The van der Waals surface area contributed by atoms with Crippen molar-refractivity contribution in [3.05, 3.63) is 59.2 Å². The average molecular weight is 389 g/mol. The van der Waals surface area contributed by atoms with Gasteiger partial charge in [0.15, 0.2) is 0 Å². The Hall–Kier alpha value is -2.87. The maximum absolute atomic E-state index is 13.1. The topological polar surface area (TPSA) is 101 Å². The van der Waals surface area contributed by atoms with Gasteiger partial charge in [0.25, 0.3) is 10.0 Å². The molecule has 8 heteroatoms. The van der Waals surface area contributed by atoms with Crippen LogP contribution in [0.5, 0.6) is 0 Å². The van der Waals surface area contributed by atoms with Gasteiger partial charge in [0.2, 0.25) is 0 Å². The molecule has 0 saturated carbocycles. The van der Waals surface area contributed by atoms with E-state index in [2.05, 4.69) is 0 Å². The lowest BCUT2D eigenvalue weighted by molar-refractivity contribution is 0.0525. The maximum atomic E-state index is 13.1. The van der Waals surface area contributed by atoms with Crippen molar-refractivity contribution in [2.45, 2.75) is 24.7 Å². The predicted molar refractivity (Wildman–Crippen MR) is 98.7 cm³/mol. The standard InChI is InChI=1S/C19H19NO6S/c1-2-26-19(23)15-8-9-17-13(11-15)6-4-10-20(17)27(24,25)16-7-3-5-14(12-16)18(21)22/h3,5,7-9,11-12H,2,4,6,10H2,1H3,(H,21,22). The Morgan fingerprint density at radius 1 is 1.15 bits per heavy atom. The van der Waals surface area contributed by atoms with E-state index >= 15 is 0 Å². The minimum absolute atomic E-state index is 0.0790. The summed E-state index contributed by atoms with van der Waals surface area (Å²) in [6.45, 7) is 2.26. The second-order valence-electron chi connectivity index (χ2n) is 6.08. The zero-order valence-corrected chi connectivity index (χ0v) is 15.5. The Bertz CT molecular complexity index is 999. The Kier molecular flexibility index (Phi) is 5.18. The fourth-order valence-corrected chi connectivity index (χ4v) is 4.66. The zero-order chi connectivity index (χ0) is 19.6. The third-order valence-electron chi connectivity index (χ3n) is 4.34. The number of ether oxygens (including phenoxy) is 1. The van der Waals surface area contributed by atoms with Gasteiger partial charge in [0, 0.05) is 6.54 Å². The highest BCUT2D eigenvalue weighted by Crippen LogP contribution is 2.33. The Balaban J connectivity index is 2.01. The highest BCUT2D eigenvalue weighted by molar-refractivity contribution is 7.92. The number of aromatic carboxylic acids is 1. The molecule has 0 spiro atoms. The number of aryl methyl sites for hydroxylation is 1. The Morgan fingerprint density at radius 2 is 1.93 bits per heavy atom. The first-order chi connectivity index (χ1) is 12.8. The van der Waals surface area contributed by atoms with E-state index in [-0.39, 0.29) is 23.6 Å². The molecule has 0 amide bonds. The largest absolute Gasteiger partial charge is 0.478 e. The first-order valence-electron chi connectivity index (χ1n) is 8.50.